The van der Waals surface area contributed by atoms with E-state index in [1.807, 2.05) is 6.07 Å². The van der Waals surface area contributed by atoms with Gasteiger partial charge >= 0.3 is 0 Å². The van der Waals surface area contributed by atoms with E-state index in [9.17, 15) is 0 Å². The molecule has 0 bridgehead atoms. The van der Waals surface area contributed by atoms with E-state index in [0.717, 1.165) is 18.3 Å². The Morgan fingerprint density at radius 1 is 1.31 bits per heavy atom. The maximum Gasteiger partial charge on any atom is 0.124 e. The van der Waals surface area contributed by atoms with E-state index < -0.39 is 0 Å². The lowest BCUT2D eigenvalue weighted by Crippen LogP contribution is -2.36. The first-order valence-electron chi connectivity index (χ1n) is 6.27. The molecule has 16 heavy (non-hydrogen) atoms. The summed E-state index contributed by atoms with van der Waals surface area (Å²) in [5.74, 6) is 0. The molecule has 0 spiro atoms. The van der Waals surface area contributed by atoms with Gasteiger partial charge in [-0.3, -0.25) is 9.80 Å². The van der Waals surface area contributed by atoms with E-state index in [4.69, 9.17) is 4.52 Å². The molecule has 3 rings (SSSR count). The minimum Gasteiger partial charge on any atom is -0.364 e. The summed E-state index contributed by atoms with van der Waals surface area (Å²) in [7, 11) is 0. The fourth-order valence-electron chi connectivity index (χ4n) is 2.97. The molecule has 1 aromatic heterocycles. The molecule has 2 saturated heterocycles. The Morgan fingerprint density at radius 3 is 3.12 bits per heavy atom. The standard InChI is InChI=1S/C12H19N3O/c1-3-12-10-14(5-2-7-15(12)6-1)9-11-4-8-16-13-11/h4,8,12H,1-3,5-7,9-10H2. The zero-order chi connectivity index (χ0) is 10.8. The Kier molecular flexibility index (Phi) is 2.93. The molecule has 0 saturated carbocycles. The average molecular weight is 221 g/mol. The zero-order valence-corrected chi connectivity index (χ0v) is 9.64. The Hall–Kier alpha value is -0.870. The molecular weight excluding hydrogens is 202 g/mol. The van der Waals surface area contributed by atoms with E-state index >= 15 is 0 Å². The van der Waals surface area contributed by atoms with Crippen molar-refractivity contribution in [1.82, 2.24) is 15.0 Å². The van der Waals surface area contributed by atoms with Crippen LogP contribution in [0, 0.1) is 0 Å². The van der Waals surface area contributed by atoms with Crippen LogP contribution in [-0.2, 0) is 6.54 Å². The highest BCUT2D eigenvalue weighted by Gasteiger charge is 2.28. The molecule has 4 heteroatoms. The van der Waals surface area contributed by atoms with Crippen LogP contribution in [0.25, 0.3) is 0 Å². The van der Waals surface area contributed by atoms with Crippen molar-refractivity contribution in [1.29, 1.82) is 0 Å². The molecule has 2 aliphatic heterocycles. The van der Waals surface area contributed by atoms with Crippen molar-refractivity contribution in [2.75, 3.05) is 26.2 Å². The maximum absolute atomic E-state index is 4.89. The largest absolute Gasteiger partial charge is 0.364 e. The number of rotatable bonds is 2. The molecule has 3 heterocycles. The van der Waals surface area contributed by atoms with Gasteiger partial charge in [-0.05, 0) is 38.9 Å². The summed E-state index contributed by atoms with van der Waals surface area (Å²) in [5, 5.41) is 4.00. The average Bonchev–Trinajstić information content (AvgIpc) is 2.88. The van der Waals surface area contributed by atoms with Crippen molar-refractivity contribution in [2.24, 2.45) is 0 Å². The monoisotopic (exact) mass is 221 g/mol. The van der Waals surface area contributed by atoms with Crippen LogP contribution in [0.2, 0.25) is 0 Å². The summed E-state index contributed by atoms with van der Waals surface area (Å²) >= 11 is 0. The highest BCUT2D eigenvalue weighted by Crippen LogP contribution is 2.21. The smallest absolute Gasteiger partial charge is 0.124 e. The number of hydrogen-bond donors (Lipinski definition) is 0. The number of fused-ring (bicyclic) bond motifs is 1. The molecule has 0 aromatic carbocycles. The van der Waals surface area contributed by atoms with Crippen LogP contribution in [0.5, 0.6) is 0 Å². The number of aromatic nitrogens is 1. The van der Waals surface area contributed by atoms with Gasteiger partial charge in [0.15, 0.2) is 0 Å². The first kappa shape index (κ1) is 10.3. The van der Waals surface area contributed by atoms with Gasteiger partial charge in [0, 0.05) is 25.2 Å². The molecule has 88 valence electrons. The van der Waals surface area contributed by atoms with E-state index in [2.05, 4.69) is 15.0 Å². The van der Waals surface area contributed by atoms with Gasteiger partial charge in [0.1, 0.15) is 6.26 Å². The molecule has 1 unspecified atom stereocenters. The first-order valence-corrected chi connectivity index (χ1v) is 6.27. The van der Waals surface area contributed by atoms with Gasteiger partial charge in [-0.15, -0.1) is 0 Å². The summed E-state index contributed by atoms with van der Waals surface area (Å²) < 4.78 is 4.89. The summed E-state index contributed by atoms with van der Waals surface area (Å²) in [5.41, 5.74) is 1.06. The minimum absolute atomic E-state index is 0.786. The Labute approximate surface area is 96.2 Å². The number of nitrogens with zero attached hydrogens (tertiary/aromatic N) is 3. The fraction of sp³-hybridized carbons (Fsp3) is 0.750. The normalized spacial score (nSPS) is 27.9. The Balaban J connectivity index is 1.63. The van der Waals surface area contributed by atoms with Crippen LogP contribution in [0.4, 0.5) is 0 Å². The van der Waals surface area contributed by atoms with Crippen molar-refractivity contribution in [3.63, 3.8) is 0 Å². The van der Waals surface area contributed by atoms with Gasteiger partial charge in [0.2, 0.25) is 0 Å². The van der Waals surface area contributed by atoms with Crippen LogP contribution in [0.1, 0.15) is 25.0 Å². The molecule has 4 nitrogen and oxygen atoms in total. The van der Waals surface area contributed by atoms with Gasteiger partial charge in [-0.1, -0.05) is 5.16 Å². The van der Waals surface area contributed by atoms with E-state index in [0.29, 0.717) is 0 Å². The molecular formula is C12H19N3O. The van der Waals surface area contributed by atoms with Crippen molar-refractivity contribution < 1.29 is 4.52 Å². The molecule has 0 N–H and O–H groups in total. The summed E-state index contributed by atoms with van der Waals surface area (Å²) in [6.45, 7) is 5.93. The summed E-state index contributed by atoms with van der Waals surface area (Å²) in [4.78, 5) is 5.18. The lowest BCUT2D eigenvalue weighted by Gasteiger charge is -2.24. The van der Waals surface area contributed by atoms with Gasteiger partial charge in [-0.2, -0.15) is 0 Å². The molecule has 2 fully saturated rings. The van der Waals surface area contributed by atoms with Crippen molar-refractivity contribution in [3.05, 3.63) is 18.0 Å². The first-order chi connectivity index (χ1) is 7.92. The molecule has 1 atom stereocenters. The third kappa shape index (κ3) is 2.13. The van der Waals surface area contributed by atoms with Gasteiger partial charge in [0.05, 0.1) is 5.69 Å². The summed E-state index contributed by atoms with van der Waals surface area (Å²) in [6, 6.07) is 2.76. The van der Waals surface area contributed by atoms with Crippen LogP contribution < -0.4 is 0 Å². The van der Waals surface area contributed by atoms with Crippen molar-refractivity contribution >= 4 is 0 Å². The van der Waals surface area contributed by atoms with Crippen LogP contribution in [0.3, 0.4) is 0 Å². The molecule has 0 amide bonds. The van der Waals surface area contributed by atoms with Gasteiger partial charge in [-0.25, -0.2) is 0 Å². The second-order valence-corrected chi connectivity index (χ2v) is 4.91. The number of hydrogen-bond acceptors (Lipinski definition) is 4. The minimum atomic E-state index is 0.786. The topological polar surface area (TPSA) is 32.5 Å². The van der Waals surface area contributed by atoms with E-state index in [-0.39, 0.29) is 0 Å². The molecule has 0 radical (unpaired) electrons. The van der Waals surface area contributed by atoms with E-state index in [1.54, 1.807) is 6.26 Å². The van der Waals surface area contributed by atoms with E-state index in [1.165, 1.54) is 45.4 Å². The third-order valence-electron chi connectivity index (χ3n) is 3.76. The van der Waals surface area contributed by atoms with Crippen LogP contribution in [0.15, 0.2) is 16.9 Å². The van der Waals surface area contributed by atoms with Crippen LogP contribution >= 0.6 is 0 Å². The lowest BCUT2D eigenvalue weighted by molar-refractivity contribution is 0.212. The van der Waals surface area contributed by atoms with Crippen LogP contribution in [-0.4, -0.2) is 47.2 Å². The Bertz CT molecular complexity index is 325. The highest BCUT2D eigenvalue weighted by atomic mass is 16.5. The highest BCUT2D eigenvalue weighted by molar-refractivity contribution is 4.96. The predicted octanol–water partition coefficient (Wildman–Crippen LogP) is 1.34. The molecule has 0 aliphatic carbocycles. The van der Waals surface area contributed by atoms with Gasteiger partial charge in [0.25, 0.3) is 0 Å². The molecule has 2 aliphatic rings. The quantitative estimate of drug-likeness (QED) is 0.754. The fourth-order valence-corrected chi connectivity index (χ4v) is 2.97. The second kappa shape index (κ2) is 4.55. The van der Waals surface area contributed by atoms with Crippen molar-refractivity contribution in [2.45, 2.75) is 31.8 Å². The van der Waals surface area contributed by atoms with Crippen molar-refractivity contribution in [3.8, 4) is 0 Å². The predicted molar refractivity (Wildman–Crippen MR) is 61.0 cm³/mol. The lowest BCUT2D eigenvalue weighted by atomic mass is 10.2. The SMILES string of the molecule is c1cc(CN2CCCN3CCCC3C2)no1. The van der Waals surface area contributed by atoms with Gasteiger partial charge < -0.3 is 4.52 Å². The zero-order valence-electron chi connectivity index (χ0n) is 9.64. The second-order valence-electron chi connectivity index (χ2n) is 4.91. The maximum atomic E-state index is 4.89. The Morgan fingerprint density at radius 2 is 2.25 bits per heavy atom. The third-order valence-corrected chi connectivity index (χ3v) is 3.76. The summed E-state index contributed by atoms with van der Waals surface area (Å²) in [6.07, 6.45) is 5.70. The molecule has 1 aromatic rings.